The molecule has 1 unspecified atom stereocenters. The highest BCUT2D eigenvalue weighted by molar-refractivity contribution is 5.44. The smallest absolute Gasteiger partial charge is 0.0931 e. The van der Waals surface area contributed by atoms with E-state index in [1.165, 1.54) is 19.3 Å². The Morgan fingerprint density at radius 3 is 2.37 bits per heavy atom. The van der Waals surface area contributed by atoms with Gasteiger partial charge in [-0.1, -0.05) is 0 Å². The Morgan fingerprint density at radius 1 is 1.32 bits per heavy atom. The molecule has 1 heterocycles. The fourth-order valence-electron chi connectivity index (χ4n) is 2.73. The molecule has 0 spiro atoms. The summed E-state index contributed by atoms with van der Waals surface area (Å²) in [5.41, 5.74) is 2.15. The van der Waals surface area contributed by atoms with Gasteiger partial charge in [-0.3, -0.25) is 4.98 Å². The van der Waals surface area contributed by atoms with Crippen molar-refractivity contribution in [3.63, 3.8) is 0 Å². The van der Waals surface area contributed by atoms with Gasteiger partial charge in [-0.05, 0) is 52.4 Å². The van der Waals surface area contributed by atoms with Crippen molar-refractivity contribution in [3.05, 3.63) is 24.0 Å². The second-order valence-electron chi connectivity index (χ2n) is 5.95. The molecule has 1 fully saturated rings. The molecule has 1 aliphatic rings. The first-order valence-electron chi connectivity index (χ1n) is 6.97. The molecule has 1 N–H and O–H groups in total. The first-order valence-corrected chi connectivity index (χ1v) is 6.97. The predicted octanol–water partition coefficient (Wildman–Crippen LogP) is 2.06. The predicted molar refractivity (Wildman–Crippen MR) is 78.4 cm³/mol. The molecule has 0 aromatic carbocycles. The van der Waals surface area contributed by atoms with E-state index < -0.39 is 6.10 Å². The van der Waals surface area contributed by atoms with Gasteiger partial charge in [0.05, 0.1) is 23.7 Å². The van der Waals surface area contributed by atoms with Crippen molar-refractivity contribution in [2.24, 2.45) is 0 Å². The number of anilines is 1. The van der Waals surface area contributed by atoms with Crippen LogP contribution < -0.4 is 4.90 Å². The molecular weight excluding hydrogens is 238 g/mol. The lowest BCUT2D eigenvalue weighted by atomic mass is 9.75. The van der Waals surface area contributed by atoms with Crippen molar-refractivity contribution in [2.75, 3.05) is 32.6 Å². The van der Waals surface area contributed by atoms with Crippen molar-refractivity contribution in [2.45, 2.75) is 37.8 Å². The third-order valence-electron chi connectivity index (χ3n) is 4.40. The minimum Gasteiger partial charge on any atom is -0.387 e. The molecule has 1 aliphatic carbocycles. The maximum absolute atomic E-state index is 9.48. The van der Waals surface area contributed by atoms with Crippen molar-refractivity contribution in [3.8, 4) is 0 Å². The Balaban J connectivity index is 2.05. The van der Waals surface area contributed by atoms with E-state index in [1.807, 2.05) is 18.3 Å². The Bertz CT molecular complexity index is 410. The number of rotatable bonds is 5. The molecule has 1 aromatic rings. The second kappa shape index (κ2) is 5.47. The van der Waals surface area contributed by atoms with Gasteiger partial charge in [0, 0.05) is 19.1 Å². The van der Waals surface area contributed by atoms with E-state index in [2.05, 4.69) is 35.9 Å². The molecule has 1 aromatic heterocycles. The fraction of sp³-hybridized carbons (Fsp3) is 0.667. The van der Waals surface area contributed by atoms with Crippen LogP contribution in [0.15, 0.2) is 18.3 Å². The summed E-state index contributed by atoms with van der Waals surface area (Å²) in [6.07, 6.45) is 5.21. The Kier molecular flexibility index (Phi) is 4.11. The molecule has 0 saturated heterocycles. The monoisotopic (exact) mass is 263 g/mol. The highest BCUT2D eigenvalue weighted by atomic mass is 16.3. The van der Waals surface area contributed by atoms with Crippen molar-refractivity contribution >= 4 is 5.69 Å². The highest BCUT2D eigenvalue weighted by Crippen LogP contribution is 2.37. The number of nitrogens with zero attached hydrogens (tertiary/aromatic N) is 3. The zero-order chi connectivity index (χ0) is 14.0. The van der Waals surface area contributed by atoms with E-state index in [-0.39, 0.29) is 0 Å². The van der Waals surface area contributed by atoms with Crippen LogP contribution in [0.1, 0.15) is 38.0 Å². The number of aliphatic hydroxyl groups excluding tert-OH is 1. The maximum Gasteiger partial charge on any atom is 0.0931 e. The van der Waals surface area contributed by atoms with Crippen LogP contribution in [0.4, 0.5) is 5.69 Å². The molecule has 0 aliphatic heterocycles. The average Bonchev–Trinajstić information content (AvgIpc) is 2.33. The summed E-state index contributed by atoms with van der Waals surface area (Å²) in [5, 5.41) is 9.48. The summed E-state index contributed by atoms with van der Waals surface area (Å²) in [6, 6.07) is 3.94. The van der Waals surface area contributed by atoms with E-state index in [0.29, 0.717) is 5.54 Å². The zero-order valence-electron chi connectivity index (χ0n) is 12.4. The first-order chi connectivity index (χ1) is 8.94. The average molecular weight is 263 g/mol. The number of aliphatic hydroxyl groups is 1. The van der Waals surface area contributed by atoms with Crippen molar-refractivity contribution < 1.29 is 5.11 Å². The molecule has 0 bridgehead atoms. The van der Waals surface area contributed by atoms with E-state index in [0.717, 1.165) is 17.9 Å². The molecule has 0 radical (unpaired) electrons. The van der Waals surface area contributed by atoms with Gasteiger partial charge in [0.15, 0.2) is 0 Å². The third-order valence-corrected chi connectivity index (χ3v) is 4.40. The Labute approximate surface area is 116 Å². The van der Waals surface area contributed by atoms with Gasteiger partial charge in [0.1, 0.15) is 0 Å². The summed E-state index contributed by atoms with van der Waals surface area (Å²) >= 11 is 0. The van der Waals surface area contributed by atoms with E-state index in [1.54, 1.807) is 6.92 Å². The van der Waals surface area contributed by atoms with E-state index in [4.69, 9.17) is 0 Å². The maximum atomic E-state index is 9.48. The normalized spacial score (nSPS) is 19.1. The van der Waals surface area contributed by atoms with Gasteiger partial charge in [-0.25, -0.2) is 0 Å². The molecule has 0 amide bonds. The number of hydrogen-bond acceptors (Lipinski definition) is 4. The summed E-state index contributed by atoms with van der Waals surface area (Å²) in [6.45, 7) is 2.76. The van der Waals surface area contributed by atoms with Crippen LogP contribution in [0.5, 0.6) is 0 Å². The minimum absolute atomic E-state index is 0.317. The van der Waals surface area contributed by atoms with Crippen LogP contribution in [0, 0.1) is 0 Å². The number of hydrogen-bond donors (Lipinski definition) is 1. The van der Waals surface area contributed by atoms with Crippen LogP contribution >= 0.6 is 0 Å². The lowest BCUT2D eigenvalue weighted by molar-refractivity contribution is 0.0683. The standard InChI is InChI=1S/C15H25N3O/c1-12(19)14-7-6-13(10-16-14)18(4)11-15(17(2)3)8-5-9-15/h6-7,10,12,19H,5,8-9,11H2,1-4H3. The van der Waals surface area contributed by atoms with Gasteiger partial charge in [-0.2, -0.15) is 0 Å². The molecule has 4 nitrogen and oxygen atoms in total. The highest BCUT2D eigenvalue weighted by Gasteiger charge is 2.39. The lowest BCUT2D eigenvalue weighted by Gasteiger charge is -2.49. The van der Waals surface area contributed by atoms with Crippen molar-refractivity contribution in [1.82, 2.24) is 9.88 Å². The summed E-state index contributed by atoms with van der Waals surface area (Å²) in [7, 11) is 6.45. The zero-order valence-corrected chi connectivity index (χ0v) is 12.4. The third kappa shape index (κ3) is 2.90. The van der Waals surface area contributed by atoms with Crippen LogP contribution in [-0.2, 0) is 0 Å². The first kappa shape index (κ1) is 14.3. The van der Waals surface area contributed by atoms with Gasteiger partial charge in [-0.15, -0.1) is 0 Å². The van der Waals surface area contributed by atoms with E-state index >= 15 is 0 Å². The summed E-state index contributed by atoms with van der Waals surface area (Å²) in [5.74, 6) is 0. The molecule has 1 atom stereocenters. The van der Waals surface area contributed by atoms with Gasteiger partial charge in [0.25, 0.3) is 0 Å². The lowest BCUT2D eigenvalue weighted by Crippen LogP contribution is -2.56. The van der Waals surface area contributed by atoms with Gasteiger partial charge >= 0.3 is 0 Å². The SMILES string of the molecule is CC(O)c1ccc(N(C)CC2(N(C)C)CCC2)cn1. The van der Waals surface area contributed by atoms with Crippen LogP contribution in [-0.4, -0.2) is 48.2 Å². The van der Waals surface area contributed by atoms with Gasteiger partial charge < -0.3 is 14.9 Å². The fourth-order valence-corrected chi connectivity index (χ4v) is 2.73. The minimum atomic E-state index is -0.501. The molecule has 19 heavy (non-hydrogen) atoms. The topological polar surface area (TPSA) is 39.6 Å². The number of pyridine rings is 1. The molecule has 2 rings (SSSR count). The molecule has 4 heteroatoms. The number of aromatic nitrogens is 1. The molecular formula is C15H25N3O. The van der Waals surface area contributed by atoms with Crippen LogP contribution in [0.25, 0.3) is 0 Å². The summed E-state index contributed by atoms with van der Waals surface area (Å²) < 4.78 is 0. The van der Waals surface area contributed by atoms with Crippen LogP contribution in [0.2, 0.25) is 0 Å². The quantitative estimate of drug-likeness (QED) is 0.882. The Morgan fingerprint density at radius 2 is 2.00 bits per heavy atom. The van der Waals surface area contributed by atoms with Crippen molar-refractivity contribution in [1.29, 1.82) is 0 Å². The van der Waals surface area contributed by atoms with Crippen LogP contribution in [0.3, 0.4) is 0 Å². The summed E-state index contributed by atoms with van der Waals surface area (Å²) in [4.78, 5) is 8.93. The Hall–Kier alpha value is -1.13. The van der Waals surface area contributed by atoms with Gasteiger partial charge in [0.2, 0.25) is 0 Å². The molecule has 106 valence electrons. The number of likely N-dealkylation sites (N-methyl/N-ethyl adjacent to an activating group) is 2. The second-order valence-corrected chi connectivity index (χ2v) is 5.95. The largest absolute Gasteiger partial charge is 0.387 e. The van der Waals surface area contributed by atoms with E-state index in [9.17, 15) is 5.11 Å². The molecule has 1 saturated carbocycles.